The van der Waals surface area contributed by atoms with Crippen molar-refractivity contribution in [1.82, 2.24) is 5.32 Å². The minimum absolute atomic E-state index is 0.0226. The average Bonchev–Trinajstić information content (AvgIpc) is 3.33. The van der Waals surface area contributed by atoms with Gasteiger partial charge in [0.15, 0.2) is 18.7 Å². The maximum Gasteiger partial charge on any atom is 0.320 e. The zero-order valence-electron chi connectivity index (χ0n) is 37.4. The van der Waals surface area contributed by atoms with E-state index in [4.69, 9.17) is 59.0 Å². The van der Waals surface area contributed by atoms with Crippen LogP contribution in [0.4, 0.5) is 0 Å². The molecule has 1 amide bonds. The zero-order valence-corrected chi connectivity index (χ0v) is 38.1. The summed E-state index contributed by atoms with van der Waals surface area (Å²) in [6.07, 6.45) is -6.71. The van der Waals surface area contributed by atoms with E-state index in [2.05, 4.69) is 11.9 Å². The van der Waals surface area contributed by atoms with Crippen LogP contribution in [0.1, 0.15) is 48.9 Å². The Kier molecular flexibility index (Phi) is 20.6. The van der Waals surface area contributed by atoms with E-state index in [0.29, 0.717) is 12.8 Å². The van der Waals surface area contributed by atoms with Crippen molar-refractivity contribution < 1.29 is 61.8 Å². The van der Waals surface area contributed by atoms with Crippen molar-refractivity contribution >= 4 is 29.4 Å². The van der Waals surface area contributed by atoms with E-state index < -0.39 is 85.1 Å². The summed E-state index contributed by atoms with van der Waals surface area (Å²) in [4.78, 5) is 38.8. The summed E-state index contributed by atoms with van der Waals surface area (Å²) >= 11 is 5.89. The van der Waals surface area contributed by atoms with Crippen molar-refractivity contribution in [2.24, 2.45) is 0 Å². The quantitative estimate of drug-likeness (QED) is 0.0314. The van der Waals surface area contributed by atoms with Gasteiger partial charge in [-0.25, -0.2) is 0 Å². The first kappa shape index (κ1) is 50.4. The third-order valence-electron chi connectivity index (χ3n) is 10.8. The van der Waals surface area contributed by atoms with E-state index in [1.807, 2.05) is 121 Å². The normalized spacial score (nSPS) is 25.1. The van der Waals surface area contributed by atoms with Crippen LogP contribution < -0.4 is 5.32 Å². The lowest BCUT2D eigenvalue weighted by atomic mass is 9.94. The van der Waals surface area contributed by atoms with Crippen LogP contribution in [0.3, 0.4) is 0 Å². The fourth-order valence-corrected chi connectivity index (χ4v) is 7.80. The highest BCUT2D eigenvalue weighted by atomic mass is 35.5. The van der Waals surface area contributed by atoms with Crippen LogP contribution in [-0.4, -0.2) is 105 Å². The number of benzene rings is 4. The molecular formula is C51H60ClNO13. The number of ether oxygens (including phenoxy) is 10. The summed E-state index contributed by atoms with van der Waals surface area (Å²) in [6, 6.07) is 37.4. The number of rotatable bonds is 25. The van der Waals surface area contributed by atoms with Gasteiger partial charge in [0.25, 0.3) is 0 Å². The Morgan fingerprint density at radius 2 is 1.12 bits per heavy atom. The van der Waals surface area contributed by atoms with Crippen molar-refractivity contribution in [3.8, 4) is 0 Å². The first-order valence-corrected chi connectivity index (χ1v) is 22.7. The summed E-state index contributed by atoms with van der Waals surface area (Å²) in [5, 5.41) is 3.04. The molecule has 0 aromatic heterocycles. The van der Waals surface area contributed by atoms with Gasteiger partial charge in [0.2, 0.25) is 5.91 Å². The molecule has 0 aliphatic carbocycles. The second kappa shape index (κ2) is 27.0. The standard InChI is InChI=1S/C51H60ClNO13/c1-4-5-18-27-58-51-49(63-36(3)55)48(62-32-40-25-16-9-17-26-40)46(42(65-51)34-59-43(56)28-52)66-50-44(53-35(2)54)47(61-31-39-23-14-8-15-24-39)45(60-30-38-21-12-7-13-22-38)41(64-50)33-57-29-37-19-10-6-11-20-37/h4,6-17,19-26,41-42,44-51H,1,5,18,27-34H2,2-3H3,(H,53,54)/t41-,42-,44-,45+,46-,47-,48+,49+,50+,51+/m1/s1. The van der Waals surface area contributed by atoms with Gasteiger partial charge in [-0.3, -0.25) is 14.4 Å². The molecule has 4 aromatic carbocycles. The molecule has 1 N–H and O–H groups in total. The number of alkyl halides is 1. The molecule has 0 bridgehead atoms. The van der Waals surface area contributed by atoms with Gasteiger partial charge in [0.05, 0.1) is 39.6 Å². The third kappa shape index (κ3) is 15.5. The van der Waals surface area contributed by atoms with Crippen LogP contribution in [0.15, 0.2) is 134 Å². The van der Waals surface area contributed by atoms with Gasteiger partial charge in [0, 0.05) is 13.8 Å². The summed E-state index contributed by atoms with van der Waals surface area (Å²) in [7, 11) is 0. The highest BCUT2D eigenvalue weighted by molar-refractivity contribution is 6.26. The predicted octanol–water partition coefficient (Wildman–Crippen LogP) is 7.00. The molecule has 66 heavy (non-hydrogen) atoms. The molecule has 354 valence electrons. The molecule has 0 saturated carbocycles. The molecule has 0 spiro atoms. The van der Waals surface area contributed by atoms with Gasteiger partial charge >= 0.3 is 11.9 Å². The minimum atomic E-state index is -1.32. The van der Waals surface area contributed by atoms with E-state index >= 15 is 0 Å². The SMILES string of the molecule is C=CCCCO[C@H]1O[C@H](COC(=O)CCl)[C@@H](O[C@@H]2O[C@H](COCc3ccccc3)[C@H](OCc3ccccc3)[C@H](OCc3ccccc3)[C@H]2NC(C)=O)[C@H](OCc2ccccc2)[C@@H]1OC(C)=O. The van der Waals surface area contributed by atoms with Gasteiger partial charge in [-0.05, 0) is 35.1 Å². The van der Waals surface area contributed by atoms with Gasteiger partial charge in [-0.2, -0.15) is 0 Å². The number of allylic oxidation sites excluding steroid dienone is 1. The number of nitrogens with one attached hydrogen (secondary N) is 1. The Balaban J connectivity index is 1.41. The zero-order chi connectivity index (χ0) is 46.5. The lowest BCUT2D eigenvalue weighted by Crippen LogP contribution is -2.69. The summed E-state index contributed by atoms with van der Waals surface area (Å²) in [6.45, 7) is 6.97. The van der Waals surface area contributed by atoms with Crippen LogP contribution in [0.25, 0.3) is 0 Å². The number of carbonyl (C=O) groups is 3. The molecular weight excluding hydrogens is 870 g/mol. The van der Waals surface area contributed by atoms with Gasteiger partial charge in [-0.1, -0.05) is 127 Å². The highest BCUT2D eigenvalue weighted by Crippen LogP contribution is 2.35. The number of amides is 1. The second-order valence-electron chi connectivity index (χ2n) is 15.9. The maximum atomic E-state index is 13.3. The largest absolute Gasteiger partial charge is 0.462 e. The molecule has 0 unspecified atom stereocenters. The Morgan fingerprint density at radius 3 is 1.64 bits per heavy atom. The fourth-order valence-electron chi connectivity index (χ4n) is 7.72. The van der Waals surface area contributed by atoms with Crippen molar-refractivity contribution in [2.45, 2.75) is 114 Å². The van der Waals surface area contributed by atoms with Crippen LogP contribution in [-0.2, 0) is 88.2 Å². The first-order valence-electron chi connectivity index (χ1n) is 22.2. The van der Waals surface area contributed by atoms with E-state index in [1.54, 1.807) is 6.08 Å². The van der Waals surface area contributed by atoms with Crippen molar-refractivity contribution in [1.29, 1.82) is 0 Å². The van der Waals surface area contributed by atoms with Gasteiger partial charge in [0.1, 0.15) is 55.2 Å². The van der Waals surface area contributed by atoms with Crippen molar-refractivity contribution in [3.05, 3.63) is 156 Å². The molecule has 2 saturated heterocycles. The first-order chi connectivity index (χ1) is 32.2. The van der Waals surface area contributed by atoms with Crippen molar-refractivity contribution in [3.63, 3.8) is 0 Å². The fraction of sp³-hybridized carbons (Fsp3) is 0.431. The topological polar surface area (TPSA) is 156 Å². The molecule has 6 rings (SSSR count). The Labute approximate surface area is 391 Å². The highest BCUT2D eigenvalue weighted by Gasteiger charge is 2.55. The van der Waals surface area contributed by atoms with E-state index in [1.165, 1.54) is 13.8 Å². The number of carbonyl (C=O) groups excluding carboxylic acids is 3. The van der Waals surface area contributed by atoms with Crippen molar-refractivity contribution in [2.75, 3.05) is 25.7 Å². The number of unbranched alkanes of at least 4 members (excludes halogenated alkanes) is 1. The smallest absolute Gasteiger partial charge is 0.320 e. The minimum Gasteiger partial charge on any atom is -0.462 e. The molecule has 10 atom stereocenters. The molecule has 14 nitrogen and oxygen atoms in total. The molecule has 2 aliphatic heterocycles. The van der Waals surface area contributed by atoms with Crippen LogP contribution in [0.2, 0.25) is 0 Å². The van der Waals surface area contributed by atoms with E-state index in [-0.39, 0.29) is 46.2 Å². The summed E-state index contributed by atoms with van der Waals surface area (Å²) < 4.78 is 64.9. The van der Waals surface area contributed by atoms with Gasteiger partial charge in [-0.15, -0.1) is 18.2 Å². The third-order valence-corrected chi connectivity index (χ3v) is 11.0. The number of hydrogen-bond acceptors (Lipinski definition) is 13. The molecule has 2 fully saturated rings. The van der Waals surface area contributed by atoms with Crippen LogP contribution in [0.5, 0.6) is 0 Å². The second-order valence-corrected chi connectivity index (χ2v) is 16.2. The molecule has 0 radical (unpaired) electrons. The average molecular weight is 930 g/mol. The van der Waals surface area contributed by atoms with E-state index in [9.17, 15) is 14.4 Å². The Morgan fingerprint density at radius 1 is 0.621 bits per heavy atom. The van der Waals surface area contributed by atoms with Gasteiger partial charge < -0.3 is 52.7 Å². The van der Waals surface area contributed by atoms with Crippen LogP contribution >= 0.6 is 11.6 Å². The lowest BCUT2D eigenvalue weighted by molar-refractivity contribution is -0.357. The predicted molar refractivity (Wildman–Crippen MR) is 244 cm³/mol. The Bertz CT molecular complexity index is 2050. The maximum absolute atomic E-state index is 13.3. The number of halogens is 1. The number of esters is 2. The molecule has 2 aliphatic rings. The van der Waals surface area contributed by atoms with Crippen LogP contribution in [0, 0.1) is 0 Å². The molecule has 2 heterocycles. The summed E-state index contributed by atoms with van der Waals surface area (Å²) in [5.41, 5.74) is 3.54. The molecule has 4 aromatic rings. The monoisotopic (exact) mass is 929 g/mol. The van der Waals surface area contributed by atoms with E-state index in [0.717, 1.165) is 22.3 Å². The lowest BCUT2D eigenvalue weighted by Gasteiger charge is -2.50. The Hall–Kier alpha value is -5.00. The summed E-state index contributed by atoms with van der Waals surface area (Å²) in [5.74, 6) is -2.16. The number of hydrogen-bond donors (Lipinski definition) is 1. The molecule has 15 heteroatoms.